The fourth-order valence-electron chi connectivity index (χ4n) is 1.95. The molecule has 0 heterocycles. The molecular formula is C14H20N2O. The highest BCUT2D eigenvalue weighted by Crippen LogP contribution is 2.32. The van der Waals surface area contributed by atoms with Crippen molar-refractivity contribution in [3.05, 3.63) is 29.8 Å². The van der Waals surface area contributed by atoms with Gasteiger partial charge in [0.25, 0.3) is 5.91 Å². The molecule has 17 heavy (non-hydrogen) atoms. The molecule has 2 rings (SSSR count). The zero-order valence-electron chi connectivity index (χ0n) is 10.5. The van der Waals surface area contributed by atoms with E-state index in [1.807, 2.05) is 24.3 Å². The zero-order chi connectivity index (χ0) is 12.3. The van der Waals surface area contributed by atoms with Crippen LogP contribution in [0.3, 0.4) is 0 Å². The first kappa shape index (κ1) is 12.0. The third kappa shape index (κ3) is 3.22. The van der Waals surface area contributed by atoms with Crippen LogP contribution in [0, 0.1) is 5.92 Å². The van der Waals surface area contributed by atoms with Gasteiger partial charge in [0.15, 0.2) is 0 Å². The van der Waals surface area contributed by atoms with Gasteiger partial charge in [0, 0.05) is 23.8 Å². The molecule has 1 aliphatic carbocycles. The van der Waals surface area contributed by atoms with E-state index in [2.05, 4.69) is 24.5 Å². The monoisotopic (exact) mass is 232 g/mol. The van der Waals surface area contributed by atoms with Crippen LogP contribution in [0.2, 0.25) is 0 Å². The summed E-state index contributed by atoms with van der Waals surface area (Å²) in [6.45, 7) is 5.03. The van der Waals surface area contributed by atoms with Crippen LogP contribution in [0.15, 0.2) is 24.3 Å². The molecule has 92 valence electrons. The van der Waals surface area contributed by atoms with Gasteiger partial charge < -0.3 is 10.6 Å². The molecule has 1 aromatic carbocycles. The average Bonchev–Trinajstić information content (AvgIpc) is 3.14. The first-order valence-corrected chi connectivity index (χ1v) is 6.35. The quantitative estimate of drug-likeness (QED) is 0.819. The predicted octanol–water partition coefficient (Wildman–Crippen LogP) is 2.65. The summed E-state index contributed by atoms with van der Waals surface area (Å²) in [5.41, 5.74) is 1.79. The number of hydrogen-bond donors (Lipinski definition) is 2. The van der Waals surface area contributed by atoms with Crippen LogP contribution in [-0.4, -0.2) is 18.5 Å². The lowest BCUT2D eigenvalue weighted by molar-refractivity contribution is 0.0936. The summed E-state index contributed by atoms with van der Waals surface area (Å²) in [6, 6.07) is 7.93. The molecule has 1 amide bonds. The third-order valence-electron chi connectivity index (χ3n) is 3.22. The molecule has 0 bridgehead atoms. The summed E-state index contributed by atoms with van der Waals surface area (Å²) in [5, 5.41) is 6.26. The first-order valence-electron chi connectivity index (χ1n) is 6.35. The minimum absolute atomic E-state index is 0.0347. The summed E-state index contributed by atoms with van der Waals surface area (Å²) in [7, 11) is 0. The van der Waals surface area contributed by atoms with Gasteiger partial charge in [0.05, 0.1) is 0 Å². The molecule has 1 aromatic rings. The van der Waals surface area contributed by atoms with Gasteiger partial charge in [-0.05, 0) is 56.9 Å². The maximum atomic E-state index is 11.9. The number of anilines is 1. The van der Waals surface area contributed by atoms with Crippen LogP contribution in [0.4, 0.5) is 5.69 Å². The Labute approximate surface area is 103 Å². The van der Waals surface area contributed by atoms with Crippen LogP contribution in [0.5, 0.6) is 0 Å². The van der Waals surface area contributed by atoms with Gasteiger partial charge in [-0.3, -0.25) is 4.79 Å². The molecule has 1 aliphatic rings. The maximum Gasteiger partial charge on any atom is 0.251 e. The largest absolute Gasteiger partial charge is 0.385 e. The molecule has 1 saturated carbocycles. The highest BCUT2D eigenvalue weighted by atomic mass is 16.1. The Morgan fingerprint density at radius 3 is 2.53 bits per heavy atom. The molecule has 0 radical (unpaired) electrons. The topological polar surface area (TPSA) is 41.1 Å². The number of nitrogens with one attached hydrogen (secondary N) is 2. The molecule has 0 saturated heterocycles. The van der Waals surface area contributed by atoms with Crippen molar-refractivity contribution < 1.29 is 4.79 Å². The Balaban J connectivity index is 1.93. The van der Waals surface area contributed by atoms with Crippen molar-refractivity contribution in [2.75, 3.05) is 11.9 Å². The fraction of sp³-hybridized carbons (Fsp3) is 0.500. The number of amides is 1. The summed E-state index contributed by atoms with van der Waals surface area (Å²) in [5.74, 6) is 0.729. The van der Waals surface area contributed by atoms with Gasteiger partial charge in [-0.1, -0.05) is 0 Å². The fourth-order valence-corrected chi connectivity index (χ4v) is 1.95. The van der Waals surface area contributed by atoms with Crippen molar-refractivity contribution in [3.63, 3.8) is 0 Å². The van der Waals surface area contributed by atoms with E-state index in [1.165, 1.54) is 12.8 Å². The zero-order valence-corrected chi connectivity index (χ0v) is 10.5. The van der Waals surface area contributed by atoms with E-state index < -0.39 is 0 Å². The lowest BCUT2D eigenvalue weighted by Gasteiger charge is -2.13. The molecule has 3 heteroatoms. The van der Waals surface area contributed by atoms with Gasteiger partial charge >= 0.3 is 0 Å². The molecule has 3 nitrogen and oxygen atoms in total. The minimum atomic E-state index is 0.0347. The molecule has 2 N–H and O–H groups in total. The number of hydrogen-bond acceptors (Lipinski definition) is 2. The van der Waals surface area contributed by atoms with E-state index in [0.717, 1.165) is 17.8 Å². The van der Waals surface area contributed by atoms with Crippen LogP contribution in [-0.2, 0) is 0 Å². The molecule has 0 spiro atoms. The second kappa shape index (κ2) is 5.21. The minimum Gasteiger partial charge on any atom is -0.385 e. The maximum absolute atomic E-state index is 11.9. The third-order valence-corrected chi connectivity index (χ3v) is 3.22. The smallest absolute Gasteiger partial charge is 0.251 e. The molecule has 1 atom stereocenters. The number of rotatable bonds is 5. The Morgan fingerprint density at radius 1 is 1.35 bits per heavy atom. The van der Waals surface area contributed by atoms with E-state index in [1.54, 1.807) is 0 Å². The number of carbonyl (C=O) groups excluding carboxylic acids is 1. The SMILES string of the molecule is CCNc1ccc(C(=O)NC(C)C2CC2)cc1. The lowest BCUT2D eigenvalue weighted by Crippen LogP contribution is -2.33. The predicted molar refractivity (Wildman–Crippen MR) is 70.3 cm³/mol. The second-order valence-electron chi connectivity index (χ2n) is 4.71. The van der Waals surface area contributed by atoms with E-state index in [-0.39, 0.29) is 5.91 Å². The van der Waals surface area contributed by atoms with Gasteiger partial charge in [-0.15, -0.1) is 0 Å². The van der Waals surface area contributed by atoms with Crippen LogP contribution in [0.1, 0.15) is 37.0 Å². The van der Waals surface area contributed by atoms with Gasteiger partial charge in [0.1, 0.15) is 0 Å². The van der Waals surface area contributed by atoms with Gasteiger partial charge in [-0.25, -0.2) is 0 Å². The highest BCUT2D eigenvalue weighted by Gasteiger charge is 2.28. The Bertz CT molecular complexity index is 382. The summed E-state index contributed by atoms with van der Waals surface area (Å²) >= 11 is 0. The normalized spacial score (nSPS) is 16.4. The number of carbonyl (C=O) groups is 1. The first-order chi connectivity index (χ1) is 8.20. The van der Waals surface area contributed by atoms with Gasteiger partial charge in [-0.2, -0.15) is 0 Å². The molecule has 0 aromatic heterocycles. The number of benzene rings is 1. The average molecular weight is 232 g/mol. The van der Waals surface area contributed by atoms with E-state index >= 15 is 0 Å². The van der Waals surface area contributed by atoms with Crippen LogP contribution >= 0.6 is 0 Å². The summed E-state index contributed by atoms with van der Waals surface area (Å²) in [6.07, 6.45) is 2.50. The summed E-state index contributed by atoms with van der Waals surface area (Å²) < 4.78 is 0. The Morgan fingerprint density at radius 2 is 2.00 bits per heavy atom. The lowest BCUT2D eigenvalue weighted by atomic mass is 10.1. The van der Waals surface area contributed by atoms with Crippen LogP contribution in [0.25, 0.3) is 0 Å². The van der Waals surface area contributed by atoms with Crippen molar-refractivity contribution in [1.82, 2.24) is 5.32 Å². The van der Waals surface area contributed by atoms with Crippen molar-refractivity contribution >= 4 is 11.6 Å². The Kier molecular flexibility index (Phi) is 3.67. The molecule has 0 aliphatic heterocycles. The van der Waals surface area contributed by atoms with Crippen LogP contribution < -0.4 is 10.6 Å². The molecule has 1 fully saturated rings. The molecular weight excluding hydrogens is 212 g/mol. The Hall–Kier alpha value is -1.51. The van der Waals surface area contributed by atoms with Crippen molar-refractivity contribution in [2.24, 2.45) is 5.92 Å². The summed E-state index contributed by atoms with van der Waals surface area (Å²) in [4.78, 5) is 11.9. The van der Waals surface area contributed by atoms with Crippen molar-refractivity contribution in [1.29, 1.82) is 0 Å². The van der Waals surface area contributed by atoms with E-state index in [9.17, 15) is 4.79 Å². The standard InChI is InChI=1S/C14H20N2O/c1-3-15-13-8-6-12(7-9-13)14(17)16-10(2)11-4-5-11/h6-11,15H,3-5H2,1-2H3,(H,16,17). The van der Waals surface area contributed by atoms with Crippen molar-refractivity contribution in [2.45, 2.75) is 32.7 Å². The van der Waals surface area contributed by atoms with Gasteiger partial charge in [0.2, 0.25) is 0 Å². The molecule has 1 unspecified atom stereocenters. The van der Waals surface area contributed by atoms with E-state index in [4.69, 9.17) is 0 Å². The van der Waals surface area contributed by atoms with E-state index in [0.29, 0.717) is 12.0 Å². The van der Waals surface area contributed by atoms with Crippen molar-refractivity contribution in [3.8, 4) is 0 Å². The highest BCUT2D eigenvalue weighted by molar-refractivity contribution is 5.94. The second-order valence-corrected chi connectivity index (χ2v) is 4.71.